The minimum Gasteiger partial charge on any atom is -0.508 e. The highest BCUT2D eigenvalue weighted by atomic mass is 16.3. The third-order valence-corrected chi connectivity index (χ3v) is 7.04. The fourth-order valence-electron chi connectivity index (χ4n) is 5.34. The van der Waals surface area contributed by atoms with Crippen LogP contribution in [0.3, 0.4) is 0 Å². The zero-order valence-electron chi connectivity index (χ0n) is 19.2. The summed E-state index contributed by atoms with van der Waals surface area (Å²) < 4.78 is 0. The summed E-state index contributed by atoms with van der Waals surface area (Å²) in [5.74, 6) is 0.383. The first-order valence-electron chi connectivity index (χ1n) is 11.1. The predicted octanol–water partition coefficient (Wildman–Crippen LogP) is 6.53. The molecule has 3 nitrogen and oxygen atoms in total. The van der Waals surface area contributed by atoms with Crippen molar-refractivity contribution < 1.29 is 15.0 Å². The van der Waals surface area contributed by atoms with Crippen LogP contribution in [-0.2, 0) is 5.41 Å². The van der Waals surface area contributed by atoms with E-state index in [2.05, 4.69) is 13.0 Å². The molecule has 0 saturated carbocycles. The molecule has 0 spiro atoms. The third-order valence-electron chi connectivity index (χ3n) is 7.04. The normalized spacial score (nSPS) is 14.0. The number of aryl methyl sites for hydroxylation is 4. The largest absolute Gasteiger partial charge is 0.508 e. The number of hydrogen-bond acceptors (Lipinski definition) is 3. The standard InChI is InChI=1S/C30H26O3/c1-17-7-5-9-23-27(17)28-18(2)8-6-10-24(28)30(29(23)33,21-11-13-25(31)19(3)15-21)22-12-14-26(32)20(4)16-22/h5-16,31-32H,1-4H3. The van der Waals surface area contributed by atoms with Crippen LogP contribution in [0, 0.1) is 27.7 Å². The lowest BCUT2D eigenvalue weighted by molar-refractivity contribution is 0.0933. The molecule has 5 rings (SSSR count). The van der Waals surface area contributed by atoms with Gasteiger partial charge in [0.05, 0.1) is 0 Å². The maximum atomic E-state index is 14.6. The minimum atomic E-state index is -1.11. The number of carbonyl (C=O) groups excluding carboxylic acids is 1. The van der Waals surface area contributed by atoms with Gasteiger partial charge in [0, 0.05) is 5.56 Å². The molecule has 4 aromatic carbocycles. The molecule has 0 heterocycles. The van der Waals surface area contributed by atoms with E-state index in [0.29, 0.717) is 16.7 Å². The van der Waals surface area contributed by atoms with Gasteiger partial charge in [-0.1, -0.05) is 60.7 Å². The number of carbonyl (C=O) groups is 1. The molecule has 0 amide bonds. The van der Waals surface area contributed by atoms with Crippen LogP contribution in [0.5, 0.6) is 11.5 Å². The summed E-state index contributed by atoms with van der Waals surface area (Å²) in [4.78, 5) is 14.6. The topological polar surface area (TPSA) is 57.5 Å². The molecule has 0 aromatic heterocycles. The second-order valence-corrected chi connectivity index (χ2v) is 9.08. The molecule has 0 aliphatic heterocycles. The summed E-state index contributed by atoms with van der Waals surface area (Å²) in [7, 11) is 0. The molecule has 0 saturated heterocycles. The van der Waals surface area contributed by atoms with Gasteiger partial charge < -0.3 is 10.2 Å². The first-order valence-corrected chi connectivity index (χ1v) is 11.1. The van der Waals surface area contributed by atoms with Crippen LogP contribution in [-0.4, -0.2) is 16.0 Å². The van der Waals surface area contributed by atoms with Crippen molar-refractivity contribution in [3.8, 4) is 22.6 Å². The van der Waals surface area contributed by atoms with Crippen molar-refractivity contribution in [1.82, 2.24) is 0 Å². The van der Waals surface area contributed by atoms with Crippen molar-refractivity contribution in [1.29, 1.82) is 0 Å². The first-order chi connectivity index (χ1) is 15.8. The average Bonchev–Trinajstić information content (AvgIpc) is 2.79. The Labute approximate surface area is 194 Å². The summed E-state index contributed by atoms with van der Waals surface area (Å²) in [5.41, 5.74) is 7.73. The number of phenolic OH excluding ortho intramolecular Hbond substituents is 2. The smallest absolute Gasteiger partial charge is 0.182 e. The van der Waals surface area contributed by atoms with Crippen LogP contribution in [0.15, 0.2) is 72.8 Å². The second-order valence-electron chi connectivity index (χ2n) is 9.08. The lowest BCUT2D eigenvalue weighted by atomic mass is 9.59. The molecule has 33 heavy (non-hydrogen) atoms. The minimum absolute atomic E-state index is 0.00511. The van der Waals surface area contributed by atoms with Crippen LogP contribution in [0.2, 0.25) is 0 Å². The number of Topliss-reactive ketones (excluding diaryl/α,β-unsaturated/α-hetero) is 1. The number of rotatable bonds is 2. The maximum absolute atomic E-state index is 14.6. The summed E-state index contributed by atoms with van der Waals surface area (Å²) in [6.45, 7) is 7.82. The number of aromatic hydroxyl groups is 2. The van der Waals surface area contributed by atoms with Crippen molar-refractivity contribution >= 4 is 5.78 Å². The Bertz CT molecular complexity index is 1390. The molecular formula is C30H26O3. The van der Waals surface area contributed by atoms with E-state index < -0.39 is 5.41 Å². The monoisotopic (exact) mass is 434 g/mol. The SMILES string of the molecule is Cc1cc(C2(c3ccc(O)c(C)c3)C(=O)c3cccc(C)c3-c3c(C)cccc32)ccc1O. The summed E-state index contributed by atoms with van der Waals surface area (Å²) in [6.07, 6.45) is 0. The van der Waals surface area contributed by atoms with E-state index in [4.69, 9.17) is 0 Å². The Kier molecular flexibility index (Phi) is 4.68. The highest BCUT2D eigenvalue weighted by Gasteiger charge is 2.49. The van der Waals surface area contributed by atoms with Crippen LogP contribution in [0.1, 0.15) is 49.3 Å². The summed E-state index contributed by atoms with van der Waals surface area (Å²) in [5, 5.41) is 20.5. The molecular weight excluding hydrogens is 408 g/mol. The van der Waals surface area contributed by atoms with Gasteiger partial charge >= 0.3 is 0 Å². The van der Waals surface area contributed by atoms with E-state index in [9.17, 15) is 15.0 Å². The Balaban J connectivity index is 2.01. The number of fused-ring (bicyclic) bond motifs is 3. The molecule has 0 bridgehead atoms. The van der Waals surface area contributed by atoms with Gasteiger partial charge in [-0.2, -0.15) is 0 Å². The molecule has 2 N–H and O–H groups in total. The van der Waals surface area contributed by atoms with Crippen molar-refractivity contribution in [2.24, 2.45) is 0 Å². The molecule has 0 atom stereocenters. The Hall–Kier alpha value is -3.85. The summed E-state index contributed by atoms with van der Waals surface area (Å²) in [6, 6.07) is 22.8. The quantitative estimate of drug-likeness (QED) is 0.377. The highest BCUT2D eigenvalue weighted by Crippen LogP contribution is 2.53. The van der Waals surface area contributed by atoms with Crippen LogP contribution < -0.4 is 0 Å². The Morgan fingerprint density at radius 2 is 1.12 bits per heavy atom. The van der Waals surface area contributed by atoms with E-state index in [-0.39, 0.29) is 17.3 Å². The van der Waals surface area contributed by atoms with E-state index in [1.54, 1.807) is 12.1 Å². The van der Waals surface area contributed by atoms with Crippen LogP contribution >= 0.6 is 0 Å². The summed E-state index contributed by atoms with van der Waals surface area (Å²) >= 11 is 0. The molecule has 0 unspecified atom stereocenters. The third kappa shape index (κ3) is 2.85. The molecule has 164 valence electrons. The van der Waals surface area contributed by atoms with Gasteiger partial charge in [-0.05, 0) is 89.9 Å². The lowest BCUT2D eigenvalue weighted by Gasteiger charge is -2.41. The van der Waals surface area contributed by atoms with Crippen molar-refractivity contribution in [3.05, 3.63) is 117 Å². The van der Waals surface area contributed by atoms with Crippen molar-refractivity contribution in [3.63, 3.8) is 0 Å². The van der Waals surface area contributed by atoms with Gasteiger partial charge in [-0.25, -0.2) is 0 Å². The predicted molar refractivity (Wildman–Crippen MR) is 131 cm³/mol. The van der Waals surface area contributed by atoms with Crippen molar-refractivity contribution in [2.75, 3.05) is 0 Å². The average molecular weight is 435 g/mol. The number of ketones is 1. The Morgan fingerprint density at radius 1 is 0.606 bits per heavy atom. The zero-order valence-corrected chi connectivity index (χ0v) is 19.2. The molecule has 4 aromatic rings. The van der Waals surface area contributed by atoms with Crippen molar-refractivity contribution in [2.45, 2.75) is 33.1 Å². The van der Waals surface area contributed by atoms with Gasteiger partial charge in [0.1, 0.15) is 16.9 Å². The molecule has 1 aliphatic carbocycles. The van der Waals surface area contributed by atoms with E-state index in [1.807, 2.05) is 75.4 Å². The highest BCUT2D eigenvalue weighted by molar-refractivity contribution is 6.17. The number of benzene rings is 4. The number of hydrogen-bond donors (Lipinski definition) is 2. The molecule has 1 aliphatic rings. The second kappa shape index (κ2) is 7.35. The van der Waals surface area contributed by atoms with E-state index in [0.717, 1.165) is 38.9 Å². The lowest BCUT2D eigenvalue weighted by Crippen LogP contribution is -2.42. The first kappa shape index (κ1) is 21.0. The Morgan fingerprint density at radius 3 is 1.67 bits per heavy atom. The van der Waals surface area contributed by atoms with E-state index in [1.165, 1.54) is 0 Å². The van der Waals surface area contributed by atoms with Gasteiger partial charge in [-0.3, -0.25) is 4.79 Å². The molecule has 0 radical (unpaired) electrons. The van der Waals surface area contributed by atoms with Crippen LogP contribution in [0.4, 0.5) is 0 Å². The zero-order chi connectivity index (χ0) is 23.5. The maximum Gasteiger partial charge on any atom is 0.182 e. The molecule has 3 heteroatoms. The fraction of sp³-hybridized carbons (Fsp3) is 0.167. The van der Waals surface area contributed by atoms with Crippen LogP contribution in [0.25, 0.3) is 11.1 Å². The number of phenols is 2. The fourth-order valence-corrected chi connectivity index (χ4v) is 5.34. The van der Waals surface area contributed by atoms with E-state index >= 15 is 0 Å². The molecule has 0 fully saturated rings. The van der Waals surface area contributed by atoms with Gasteiger partial charge in [0.25, 0.3) is 0 Å². The van der Waals surface area contributed by atoms with Gasteiger partial charge in [-0.15, -0.1) is 0 Å². The van der Waals surface area contributed by atoms with Gasteiger partial charge in [0.15, 0.2) is 5.78 Å². The van der Waals surface area contributed by atoms with Gasteiger partial charge in [0.2, 0.25) is 0 Å².